The minimum absolute atomic E-state index is 0.0277. The number of nitrogens with one attached hydrogen (secondary N) is 1. The van der Waals surface area contributed by atoms with Crippen LogP contribution in [0, 0.1) is 6.92 Å². The zero-order valence-corrected chi connectivity index (χ0v) is 16.9. The van der Waals surface area contributed by atoms with Crippen LogP contribution in [0.3, 0.4) is 0 Å². The van der Waals surface area contributed by atoms with E-state index in [-0.39, 0.29) is 5.91 Å². The molecule has 0 bridgehead atoms. The van der Waals surface area contributed by atoms with E-state index in [1.165, 1.54) is 17.3 Å². The van der Waals surface area contributed by atoms with Gasteiger partial charge in [0.05, 0.1) is 5.75 Å². The smallest absolute Gasteiger partial charge is 0.234 e. The number of aryl methyl sites for hydroxylation is 1. The van der Waals surface area contributed by atoms with E-state index in [0.717, 1.165) is 35.2 Å². The van der Waals surface area contributed by atoms with Gasteiger partial charge < -0.3 is 9.88 Å². The maximum atomic E-state index is 12.3. The molecule has 1 amide bonds. The third-order valence-corrected chi connectivity index (χ3v) is 6.13. The number of amides is 1. The first-order chi connectivity index (χ1) is 13.7. The summed E-state index contributed by atoms with van der Waals surface area (Å²) in [6.07, 6.45) is 1.11. The molecule has 4 rings (SSSR count). The number of hydrogen-bond acceptors (Lipinski definition) is 4. The standard InChI is InChI=1S/C22H24N4OS/c1-3-26-21(18-13-17(18)16-10-5-4-6-11-16)24-25-22(26)28-14-20(27)23-19-12-8-7-9-15(19)2/h4-12,17-18H,3,13-14H2,1-2H3,(H,23,27). The summed E-state index contributed by atoms with van der Waals surface area (Å²) in [5.41, 5.74) is 3.28. The average molecular weight is 393 g/mol. The lowest BCUT2D eigenvalue weighted by Gasteiger charge is -2.09. The fourth-order valence-electron chi connectivity index (χ4n) is 3.56. The molecule has 28 heavy (non-hydrogen) atoms. The Kier molecular flexibility index (Phi) is 5.48. The van der Waals surface area contributed by atoms with E-state index in [4.69, 9.17) is 0 Å². The number of aromatic nitrogens is 3. The largest absolute Gasteiger partial charge is 0.325 e. The Morgan fingerprint density at radius 1 is 1.11 bits per heavy atom. The second kappa shape index (κ2) is 8.19. The monoisotopic (exact) mass is 392 g/mol. The van der Waals surface area contributed by atoms with Crippen LogP contribution in [0.2, 0.25) is 0 Å². The maximum Gasteiger partial charge on any atom is 0.234 e. The average Bonchev–Trinajstić information content (AvgIpc) is 3.41. The highest BCUT2D eigenvalue weighted by Gasteiger charge is 2.43. The Morgan fingerprint density at radius 2 is 1.86 bits per heavy atom. The van der Waals surface area contributed by atoms with Gasteiger partial charge in [-0.25, -0.2) is 0 Å². The van der Waals surface area contributed by atoms with Crippen molar-refractivity contribution in [2.45, 2.75) is 43.8 Å². The predicted molar refractivity (Wildman–Crippen MR) is 113 cm³/mol. The summed E-state index contributed by atoms with van der Waals surface area (Å²) in [7, 11) is 0. The molecule has 1 aromatic heterocycles. The Labute approximate surface area is 169 Å². The molecule has 5 nitrogen and oxygen atoms in total. The highest BCUT2D eigenvalue weighted by molar-refractivity contribution is 7.99. The van der Waals surface area contributed by atoms with Crippen molar-refractivity contribution in [1.82, 2.24) is 14.8 Å². The van der Waals surface area contributed by atoms with Gasteiger partial charge in [0, 0.05) is 18.2 Å². The third kappa shape index (κ3) is 3.97. The van der Waals surface area contributed by atoms with Crippen molar-refractivity contribution in [3.63, 3.8) is 0 Å². The molecule has 0 aliphatic heterocycles. The number of para-hydroxylation sites is 1. The molecule has 1 aliphatic carbocycles. The van der Waals surface area contributed by atoms with Gasteiger partial charge in [0.15, 0.2) is 5.16 Å². The molecule has 0 saturated heterocycles. The molecule has 1 N–H and O–H groups in total. The Balaban J connectivity index is 1.40. The van der Waals surface area contributed by atoms with E-state index >= 15 is 0 Å². The summed E-state index contributed by atoms with van der Waals surface area (Å²) >= 11 is 1.45. The molecule has 144 valence electrons. The number of thioether (sulfide) groups is 1. The van der Waals surface area contributed by atoms with E-state index in [9.17, 15) is 4.79 Å². The molecular formula is C22H24N4OS. The van der Waals surface area contributed by atoms with Crippen LogP contribution in [-0.4, -0.2) is 26.4 Å². The third-order valence-electron chi connectivity index (χ3n) is 5.16. The van der Waals surface area contributed by atoms with E-state index in [2.05, 4.69) is 51.3 Å². The van der Waals surface area contributed by atoms with Gasteiger partial charge in [0.2, 0.25) is 5.91 Å². The Morgan fingerprint density at radius 3 is 2.61 bits per heavy atom. The van der Waals surface area contributed by atoms with E-state index in [1.54, 1.807) is 0 Å². The number of anilines is 1. The van der Waals surface area contributed by atoms with Crippen molar-refractivity contribution in [2.75, 3.05) is 11.1 Å². The van der Waals surface area contributed by atoms with Crippen molar-refractivity contribution < 1.29 is 4.79 Å². The van der Waals surface area contributed by atoms with Gasteiger partial charge in [0.25, 0.3) is 0 Å². The fraction of sp³-hybridized carbons (Fsp3) is 0.318. The van der Waals surface area contributed by atoms with E-state index in [1.807, 2.05) is 37.3 Å². The molecule has 3 aromatic rings. The highest BCUT2D eigenvalue weighted by Crippen LogP contribution is 2.54. The van der Waals surface area contributed by atoms with E-state index in [0.29, 0.717) is 17.6 Å². The van der Waals surface area contributed by atoms with Gasteiger partial charge in [-0.2, -0.15) is 0 Å². The molecule has 1 saturated carbocycles. The maximum absolute atomic E-state index is 12.3. The number of rotatable bonds is 7. The van der Waals surface area contributed by atoms with E-state index < -0.39 is 0 Å². The summed E-state index contributed by atoms with van der Waals surface area (Å²) in [6.45, 7) is 4.90. The van der Waals surface area contributed by atoms with Gasteiger partial charge in [-0.05, 0) is 43.4 Å². The van der Waals surface area contributed by atoms with Crippen molar-refractivity contribution in [3.8, 4) is 0 Å². The highest BCUT2D eigenvalue weighted by atomic mass is 32.2. The van der Waals surface area contributed by atoms with Crippen LogP contribution in [-0.2, 0) is 11.3 Å². The Hall–Kier alpha value is -2.60. The zero-order valence-electron chi connectivity index (χ0n) is 16.1. The summed E-state index contributed by atoms with van der Waals surface area (Å²) < 4.78 is 2.15. The lowest BCUT2D eigenvalue weighted by molar-refractivity contribution is -0.113. The van der Waals surface area contributed by atoms with Crippen molar-refractivity contribution >= 4 is 23.4 Å². The zero-order chi connectivity index (χ0) is 19.5. The lowest BCUT2D eigenvalue weighted by atomic mass is 10.1. The number of carbonyl (C=O) groups excluding carboxylic acids is 1. The van der Waals surface area contributed by atoms with Crippen LogP contribution in [0.4, 0.5) is 5.69 Å². The van der Waals surface area contributed by atoms with Crippen LogP contribution in [0.15, 0.2) is 59.8 Å². The van der Waals surface area contributed by atoms with Gasteiger partial charge in [0.1, 0.15) is 5.82 Å². The van der Waals surface area contributed by atoms with Crippen molar-refractivity contribution in [1.29, 1.82) is 0 Å². The number of benzene rings is 2. The molecule has 6 heteroatoms. The minimum atomic E-state index is -0.0277. The molecule has 1 heterocycles. The van der Waals surface area contributed by atoms with Crippen LogP contribution in [0.1, 0.15) is 42.1 Å². The SMILES string of the molecule is CCn1c(SCC(=O)Nc2ccccc2C)nnc1C1CC1c1ccccc1. The van der Waals surface area contributed by atoms with Crippen molar-refractivity contribution in [2.24, 2.45) is 0 Å². The second-order valence-corrected chi connectivity index (χ2v) is 8.04. The predicted octanol–water partition coefficient (Wildman–Crippen LogP) is 4.61. The molecule has 2 atom stereocenters. The summed E-state index contributed by atoms with van der Waals surface area (Å²) in [5.74, 6) is 2.28. The van der Waals surface area contributed by atoms with Gasteiger partial charge in [-0.1, -0.05) is 60.3 Å². The van der Waals surface area contributed by atoms with Crippen LogP contribution < -0.4 is 5.32 Å². The summed E-state index contributed by atoms with van der Waals surface area (Å²) in [5, 5.41) is 12.6. The fourth-order valence-corrected chi connectivity index (χ4v) is 4.37. The first-order valence-corrected chi connectivity index (χ1v) is 10.6. The Bertz CT molecular complexity index is 970. The first-order valence-electron chi connectivity index (χ1n) is 9.63. The van der Waals surface area contributed by atoms with Crippen LogP contribution >= 0.6 is 11.8 Å². The number of nitrogens with zero attached hydrogens (tertiary/aromatic N) is 3. The minimum Gasteiger partial charge on any atom is -0.325 e. The van der Waals surface area contributed by atoms with Crippen LogP contribution in [0.5, 0.6) is 0 Å². The first kappa shape index (κ1) is 18.7. The molecule has 1 fully saturated rings. The van der Waals surface area contributed by atoms with Gasteiger partial charge >= 0.3 is 0 Å². The van der Waals surface area contributed by atoms with Gasteiger partial charge in [-0.15, -0.1) is 10.2 Å². The molecular weight excluding hydrogens is 368 g/mol. The molecule has 2 aromatic carbocycles. The van der Waals surface area contributed by atoms with Gasteiger partial charge in [-0.3, -0.25) is 4.79 Å². The molecule has 2 unspecified atom stereocenters. The molecule has 0 spiro atoms. The lowest BCUT2D eigenvalue weighted by Crippen LogP contribution is -2.15. The number of carbonyl (C=O) groups is 1. The number of hydrogen-bond donors (Lipinski definition) is 1. The topological polar surface area (TPSA) is 59.8 Å². The molecule has 1 aliphatic rings. The molecule has 0 radical (unpaired) electrons. The van der Waals surface area contributed by atoms with Crippen molar-refractivity contribution in [3.05, 3.63) is 71.5 Å². The summed E-state index contributed by atoms with van der Waals surface area (Å²) in [6, 6.07) is 18.4. The van der Waals surface area contributed by atoms with Crippen LogP contribution in [0.25, 0.3) is 0 Å². The summed E-state index contributed by atoms with van der Waals surface area (Å²) in [4.78, 5) is 12.3. The normalized spacial score (nSPS) is 18.1. The quantitative estimate of drug-likeness (QED) is 0.597. The second-order valence-electron chi connectivity index (χ2n) is 7.10.